The summed E-state index contributed by atoms with van der Waals surface area (Å²) in [6.07, 6.45) is 0. The molecule has 0 amide bonds. The minimum Gasteiger partial charge on any atom is -0.437 e. The predicted molar refractivity (Wildman–Crippen MR) is 50.4 cm³/mol. The molecule has 1 aromatic rings. The van der Waals surface area contributed by atoms with Gasteiger partial charge in [0, 0.05) is 11.8 Å². The fourth-order valence-electron chi connectivity index (χ4n) is 0.714. The van der Waals surface area contributed by atoms with E-state index in [1.165, 1.54) is 0 Å². The summed E-state index contributed by atoms with van der Waals surface area (Å²) in [7, 11) is 0. The molecule has 2 N–H and O–H groups in total. The van der Waals surface area contributed by atoms with Crippen molar-refractivity contribution in [2.24, 2.45) is 5.73 Å². The third kappa shape index (κ3) is 2.25. The number of thioether (sulfide) groups is 1. The first-order chi connectivity index (χ1) is 5.63. The number of rotatable bonds is 3. The number of aryl methyl sites for hydroxylation is 2. The lowest BCUT2D eigenvalue weighted by atomic mass is 10.4. The average molecular weight is 186 g/mol. The third-order valence-electron chi connectivity index (χ3n) is 1.64. The third-order valence-corrected chi connectivity index (χ3v) is 2.61. The Labute approximate surface area is 76.7 Å². The lowest BCUT2D eigenvalue weighted by Gasteiger charge is -2.02. The normalized spacial score (nSPS) is 13.3. The molecule has 68 valence electrons. The fraction of sp³-hybridized carbons (Fsp3) is 0.625. The van der Waals surface area contributed by atoms with Crippen molar-refractivity contribution >= 4 is 11.8 Å². The van der Waals surface area contributed by atoms with Crippen molar-refractivity contribution in [3.05, 3.63) is 11.5 Å². The summed E-state index contributed by atoms with van der Waals surface area (Å²) < 4.78 is 5.38. The molecule has 0 aromatic carbocycles. The Morgan fingerprint density at radius 3 is 2.67 bits per heavy atom. The molecule has 0 fully saturated rings. The molecule has 1 rings (SSSR count). The molecule has 4 heteroatoms. The maximum absolute atomic E-state index is 5.47. The van der Waals surface area contributed by atoms with Gasteiger partial charge in [-0.05, 0) is 13.8 Å². The highest BCUT2D eigenvalue weighted by molar-refractivity contribution is 7.99. The number of nitrogens with two attached hydrogens (primary N) is 1. The Bertz CT molecular complexity index is 240. The molecule has 0 bridgehead atoms. The van der Waals surface area contributed by atoms with Crippen molar-refractivity contribution < 1.29 is 4.42 Å². The van der Waals surface area contributed by atoms with E-state index in [-0.39, 0.29) is 0 Å². The van der Waals surface area contributed by atoms with Crippen LogP contribution in [-0.2, 0) is 0 Å². The number of nitrogens with zero attached hydrogens (tertiary/aromatic N) is 1. The second-order valence-corrected chi connectivity index (χ2v) is 4.18. The van der Waals surface area contributed by atoms with Crippen molar-refractivity contribution in [3.63, 3.8) is 0 Å². The van der Waals surface area contributed by atoms with Crippen LogP contribution in [-0.4, -0.2) is 16.8 Å². The van der Waals surface area contributed by atoms with E-state index in [0.717, 1.165) is 16.7 Å². The van der Waals surface area contributed by atoms with Crippen molar-refractivity contribution in [1.29, 1.82) is 0 Å². The first kappa shape index (κ1) is 9.61. The van der Waals surface area contributed by atoms with Gasteiger partial charge in [0.15, 0.2) is 0 Å². The second kappa shape index (κ2) is 3.96. The Morgan fingerprint density at radius 1 is 1.58 bits per heavy atom. The molecule has 1 unspecified atom stereocenters. The van der Waals surface area contributed by atoms with Crippen LogP contribution in [0, 0.1) is 13.8 Å². The Kier molecular flexibility index (Phi) is 3.17. The Balaban J connectivity index is 2.64. The van der Waals surface area contributed by atoms with E-state index >= 15 is 0 Å². The molecule has 3 nitrogen and oxygen atoms in total. The van der Waals surface area contributed by atoms with Gasteiger partial charge in [-0.3, -0.25) is 0 Å². The molecule has 0 aliphatic carbocycles. The molecule has 0 aliphatic heterocycles. The minimum absolute atomic E-state index is 0.363. The Hall–Kier alpha value is -0.480. The van der Waals surface area contributed by atoms with Gasteiger partial charge < -0.3 is 10.2 Å². The number of hydrogen-bond donors (Lipinski definition) is 1. The van der Waals surface area contributed by atoms with E-state index in [0.29, 0.717) is 11.8 Å². The van der Waals surface area contributed by atoms with Gasteiger partial charge in [-0.25, -0.2) is 4.98 Å². The van der Waals surface area contributed by atoms with Gasteiger partial charge in [0.25, 0.3) is 5.22 Å². The predicted octanol–water partition coefficient (Wildman–Crippen LogP) is 1.73. The van der Waals surface area contributed by atoms with Gasteiger partial charge in [0.2, 0.25) is 0 Å². The van der Waals surface area contributed by atoms with Crippen LogP contribution in [0.3, 0.4) is 0 Å². The topological polar surface area (TPSA) is 52.0 Å². The van der Waals surface area contributed by atoms with E-state index in [1.807, 2.05) is 13.8 Å². The Morgan fingerprint density at radius 2 is 2.25 bits per heavy atom. The molecular weight excluding hydrogens is 172 g/mol. The van der Waals surface area contributed by atoms with E-state index in [9.17, 15) is 0 Å². The highest BCUT2D eigenvalue weighted by atomic mass is 32.2. The molecule has 1 heterocycles. The molecule has 12 heavy (non-hydrogen) atoms. The van der Waals surface area contributed by atoms with Crippen molar-refractivity contribution in [1.82, 2.24) is 4.98 Å². The van der Waals surface area contributed by atoms with Gasteiger partial charge in [-0.1, -0.05) is 18.7 Å². The zero-order valence-electron chi connectivity index (χ0n) is 7.63. The molecule has 0 spiro atoms. The van der Waals surface area contributed by atoms with Crippen LogP contribution in [0.15, 0.2) is 9.64 Å². The van der Waals surface area contributed by atoms with E-state index < -0.39 is 0 Å². The van der Waals surface area contributed by atoms with Gasteiger partial charge >= 0.3 is 0 Å². The standard InChI is InChI=1S/C8H14N2OS/c1-5(4-9)12-8-10-6(2)7(3)11-8/h5H,4,9H2,1-3H3. The number of hydrogen-bond acceptors (Lipinski definition) is 4. The van der Waals surface area contributed by atoms with E-state index in [2.05, 4.69) is 11.9 Å². The summed E-state index contributed by atoms with van der Waals surface area (Å²) in [5.74, 6) is 0.890. The van der Waals surface area contributed by atoms with Gasteiger partial charge in [0.1, 0.15) is 5.76 Å². The molecule has 0 saturated heterocycles. The van der Waals surface area contributed by atoms with Crippen molar-refractivity contribution in [2.75, 3.05) is 6.54 Å². The van der Waals surface area contributed by atoms with Gasteiger partial charge in [-0.15, -0.1) is 0 Å². The average Bonchev–Trinajstić information content (AvgIpc) is 2.31. The smallest absolute Gasteiger partial charge is 0.256 e. The summed E-state index contributed by atoms with van der Waals surface area (Å²) in [6, 6.07) is 0. The van der Waals surface area contributed by atoms with Crippen LogP contribution >= 0.6 is 11.8 Å². The fourth-order valence-corrected chi connectivity index (χ4v) is 1.52. The second-order valence-electron chi connectivity index (χ2n) is 2.79. The van der Waals surface area contributed by atoms with Crippen LogP contribution in [0.1, 0.15) is 18.4 Å². The monoisotopic (exact) mass is 186 g/mol. The molecular formula is C8H14N2OS. The van der Waals surface area contributed by atoms with Crippen LogP contribution in [0.4, 0.5) is 0 Å². The van der Waals surface area contributed by atoms with Crippen molar-refractivity contribution in [3.8, 4) is 0 Å². The largest absolute Gasteiger partial charge is 0.437 e. The van der Waals surface area contributed by atoms with Gasteiger partial charge in [0.05, 0.1) is 5.69 Å². The first-order valence-corrected chi connectivity index (χ1v) is 4.82. The van der Waals surface area contributed by atoms with Gasteiger partial charge in [-0.2, -0.15) is 0 Å². The maximum Gasteiger partial charge on any atom is 0.256 e. The van der Waals surface area contributed by atoms with Crippen LogP contribution in [0.25, 0.3) is 0 Å². The molecule has 1 aromatic heterocycles. The maximum atomic E-state index is 5.47. The van der Waals surface area contributed by atoms with Crippen LogP contribution < -0.4 is 5.73 Å². The molecule has 0 saturated carbocycles. The van der Waals surface area contributed by atoms with E-state index in [1.54, 1.807) is 11.8 Å². The first-order valence-electron chi connectivity index (χ1n) is 3.94. The lowest BCUT2D eigenvalue weighted by molar-refractivity contribution is 0.430. The lowest BCUT2D eigenvalue weighted by Crippen LogP contribution is -2.12. The molecule has 1 atom stereocenters. The molecule has 0 radical (unpaired) electrons. The molecule has 0 aliphatic rings. The highest BCUT2D eigenvalue weighted by Crippen LogP contribution is 2.23. The quantitative estimate of drug-likeness (QED) is 0.730. The van der Waals surface area contributed by atoms with Crippen molar-refractivity contribution in [2.45, 2.75) is 31.2 Å². The van der Waals surface area contributed by atoms with Crippen LogP contribution in [0.2, 0.25) is 0 Å². The minimum atomic E-state index is 0.363. The zero-order chi connectivity index (χ0) is 9.14. The summed E-state index contributed by atoms with van der Waals surface area (Å²) in [5, 5.41) is 1.09. The number of aromatic nitrogens is 1. The SMILES string of the molecule is Cc1nc(SC(C)CN)oc1C. The summed E-state index contributed by atoms with van der Waals surface area (Å²) in [4.78, 5) is 4.24. The number of oxazole rings is 1. The van der Waals surface area contributed by atoms with Crippen LogP contribution in [0.5, 0.6) is 0 Å². The van der Waals surface area contributed by atoms with E-state index in [4.69, 9.17) is 10.2 Å². The summed E-state index contributed by atoms with van der Waals surface area (Å²) in [5.41, 5.74) is 6.43. The summed E-state index contributed by atoms with van der Waals surface area (Å²) >= 11 is 1.58. The highest BCUT2D eigenvalue weighted by Gasteiger charge is 2.09. The summed E-state index contributed by atoms with van der Waals surface area (Å²) in [6.45, 7) is 6.56. The zero-order valence-corrected chi connectivity index (χ0v) is 8.44.